The molecule has 16 heavy (non-hydrogen) atoms. The molecular formula is C14H14O2. The van der Waals surface area contributed by atoms with Crippen LogP contribution in [0.2, 0.25) is 0 Å². The quantitative estimate of drug-likeness (QED) is 0.716. The van der Waals surface area contributed by atoms with Gasteiger partial charge < -0.3 is 9.47 Å². The summed E-state index contributed by atoms with van der Waals surface area (Å²) in [5.74, 6) is -0.594. The van der Waals surface area contributed by atoms with Gasteiger partial charge in [0, 0.05) is 26.2 Å². The minimum atomic E-state index is -0.594. The van der Waals surface area contributed by atoms with Gasteiger partial charge in [-0.05, 0) is 16.3 Å². The van der Waals surface area contributed by atoms with Crippen molar-refractivity contribution in [2.45, 2.75) is 12.2 Å². The molecule has 0 fully saturated rings. The standard InChI is InChI=1S/C14H14O2/c1-15-14(16-2)9-11-7-3-5-10-6-4-8-12(14)13(10)11/h3-8H,9H2,1-2H3. The van der Waals surface area contributed by atoms with Crippen LogP contribution in [0.4, 0.5) is 0 Å². The van der Waals surface area contributed by atoms with Crippen molar-refractivity contribution >= 4 is 10.8 Å². The number of ether oxygens (including phenoxy) is 2. The molecule has 2 aromatic carbocycles. The molecular weight excluding hydrogens is 200 g/mol. The Labute approximate surface area is 94.8 Å². The fraction of sp³-hybridized carbons (Fsp3) is 0.286. The first-order valence-corrected chi connectivity index (χ1v) is 5.42. The van der Waals surface area contributed by atoms with E-state index in [0.29, 0.717) is 0 Å². The smallest absolute Gasteiger partial charge is 0.199 e. The van der Waals surface area contributed by atoms with E-state index in [1.165, 1.54) is 16.3 Å². The van der Waals surface area contributed by atoms with Crippen LogP contribution in [0, 0.1) is 0 Å². The Bertz CT molecular complexity index is 536. The number of hydrogen-bond acceptors (Lipinski definition) is 2. The fourth-order valence-corrected chi connectivity index (χ4v) is 2.68. The highest BCUT2D eigenvalue weighted by atomic mass is 16.7. The molecule has 0 radical (unpaired) electrons. The van der Waals surface area contributed by atoms with E-state index in [1.807, 2.05) is 0 Å². The van der Waals surface area contributed by atoms with Crippen molar-refractivity contribution in [3.63, 3.8) is 0 Å². The second-order valence-corrected chi connectivity index (χ2v) is 4.16. The highest BCUT2D eigenvalue weighted by molar-refractivity contribution is 5.91. The first-order chi connectivity index (χ1) is 7.80. The minimum Gasteiger partial charge on any atom is -0.349 e. The molecule has 2 nitrogen and oxygen atoms in total. The molecule has 0 heterocycles. The van der Waals surface area contributed by atoms with E-state index in [9.17, 15) is 0 Å². The first-order valence-electron chi connectivity index (χ1n) is 5.42. The van der Waals surface area contributed by atoms with Crippen molar-refractivity contribution < 1.29 is 9.47 Å². The van der Waals surface area contributed by atoms with E-state index in [1.54, 1.807) is 14.2 Å². The molecule has 0 N–H and O–H groups in total. The van der Waals surface area contributed by atoms with Crippen LogP contribution in [0.5, 0.6) is 0 Å². The van der Waals surface area contributed by atoms with Gasteiger partial charge in [0.05, 0.1) is 0 Å². The van der Waals surface area contributed by atoms with Gasteiger partial charge in [-0.1, -0.05) is 36.4 Å². The maximum atomic E-state index is 5.60. The van der Waals surface area contributed by atoms with Crippen molar-refractivity contribution in [2.75, 3.05) is 14.2 Å². The van der Waals surface area contributed by atoms with Gasteiger partial charge >= 0.3 is 0 Å². The average Bonchev–Trinajstić information content (AvgIpc) is 2.67. The van der Waals surface area contributed by atoms with Crippen molar-refractivity contribution in [3.8, 4) is 0 Å². The zero-order valence-corrected chi connectivity index (χ0v) is 9.49. The maximum absolute atomic E-state index is 5.60. The lowest BCUT2D eigenvalue weighted by atomic mass is 10.0. The lowest BCUT2D eigenvalue weighted by Gasteiger charge is -2.27. The SMILES string of the molecule is COC1(OC)Cc2cccc3cccc1c23. The Morgan fingerprint density at radius 3 is 2.38 bits per heavy atom. The minimum absolute atomic E-state index is 0.594. The Hall–Kier alpha value is -1.38. The lowest BCUT2D eigenvalue weighted by Crippen LogP contribution is -2.29. The monoisotopic (exact) mass is 214 g/mol. The molecule has 0 spiro atoms. The normalized spacial score (nSPS) is 16.9. The molecule has 1 aliphatic carbocycles. The number of rotatable bonds is 2. The molecule has 0 atom stereocenters. The highest BCUT2D eigenvalue weighted by Gasteiger charge is 2.39. The summed E-state index contributed by atoms with van der Waals surface area (Å²) >= 11 is 0. The van der Waals surface area contributed by atoms with Gasteiger partial charge in [0.2, 0.25) is 0 Å². The molecule has 2 aromatic rings. The van der Waals surface area contributed by atoms with Gasteiger partial charge in [0.1, 0.15) is 0 Å². The molecule has 0 bridgehead atoms. The highest BCUT2D eigenvalue weighted by Crippen LogP contribution is 2.43. The summed E-state index contributed by atoms with van der Waals surface area (Å²) in [5, 5.41) is 2.54. The summed E-state index contributed by atoms with van der Waals surface area (Å²) in [6.07, 6.45) is 0.788. The molecule has 0 unspecified atom stereocenters. The van der Waals surface area contributed by atoms with Gasteiger partial charge in [-0.15, -0.1) is 0 Å². The largest absolute Gasteiger partial charge is 0.349 e. The first kappa shape index (κ1) is 9.82. The lowest BCUT2D eigenvalue weighted by molar-refractivity contribution is -0.210. The van der Waals surface area contributed by atoms with Crippen LogP contribution in [0.25, 0.3) is 10.8 Å². The summed E-state index contributed by atoms with van der Waals surface area (Å²) in [5.41, 5.74) is 2.45. The van der Waals surface area contributed by atoms with Crippen LogP contribution in [0.15, 0.2) is 36.4 Å². The Kier molecular flexibility index (Phi) is 2.03. The third-order valence-corrected chi connectivity index (χ3v) is 3.48. The zero-order valence-electron chi connectivity index (χ0n) is 9.49. The molecule has 2 heteroatoms. The molecule has 0 aromatic heterocycles. The predicted octanol–water partition coefficient (Wildman–Crippen LogP) is 2.84. The Balaban J connectivity index is 2.36. The van der Waals surface area contributed by atoms with E-state index in [-0.39, 0.29) is 0 Å². The van der Waals surface area contributed by atoms with Crippen molar-refractivity contribution in [1.82, 2.24) is 0 Å². The summed E-state index contributed by atoms with van der Waals surface area (Å²) < 4.78 is 11.2. The van der Waals surface area contributed by atoms with Crippen LogP contribution in [-0.4, -0.2) is 14.2 Å². The maximum Gasteiger partial charge on any atom is 0.199 e. The average molecular weight is 214 g/mol. The molecule has 0 saturated carbocycles. The van der Waals surface area contributed by atoms with Gasteiger partial charge in [0.25, 0.3) is 0 Å². The summed E-state index contributed by atoms with van der Waals surface area (Å²) in [7, 11) is 3.41. The summed E-state index contributed by atoms with van der Waals surface area (Å²) in [6.45, 7) is 0. The van der Waals surface area contributed by atoms with Gasteiger partial charge in [-0.3, -0.25) is 0 Å². The van der Waals surface area contributed by atoms with E-state index in [4.69, 9.17) is 9.47 Å². The zero-order chi connectivity index (χ0) is 11.2. The van der Waals surface area contributed by atoms with E-state index in [2.05, 4.69) is 36.4 Å². The third kappa shape index (κ3) is 1.09. The molecule has 82 valence electrons. The van der Waals surface area contributed by atoms with Crippen LogP contribution >= 0.6 is 0 Å². The van der Waals surface area contributed by atoms with Crippen LogP contribution in [-0.2, 0) is 21.7 Å². The number of methoxy groups -OCH3 is 2. The Morgan fingerprint density at radius 1 is 1.00 bits per heavy atom. The predicted molar refractivity (Wildman–Crippen MR) is 63.3 cm³/mol. The number of hydrogen-bond donors (Lipinski definition) is 0. The van der Waals surface area contributed by atoms with Crippen LogP contribution in [0.1, 0.15) is 11.1 Å². The van der Waals surface area contributed by atoms with E-state index in [0.717, 1.165) is 12.0 Å². The Morgan fingerprint density at radius 2 is 1.69 bits per heavy atom. The molecule has 3 rings (SSSR count). The van der Waals surface area contributed by atoms with E-state index >= 15 is 0 Å². The van der Waals surface area contributed by atoms with Crippen LogP contribution < -0.4 is 0 Å². The van der Waals surface area contributed by atoms with Gasteiger partial charge in [-0.2, -0.15) is 0 Å². The van der Waals surface area contributed by atoms with Crippen molar-refractivity contribution in [1.29, 1.82) is 0 Å². The second kappa shape index (κ2) is 3.30. The molecule has 0 saturated heterocycles. The van der Waals surface area contributed by atoms with Crippen molar-refractivity contribution in [3.05, 3.63) is 47.5 Å². The molecule has 0 aliphatic heterocycles. The van der Waals surface area contributed by atoms with E-state index < -0.39 is 5.79 Å². The molecule has 0 amide bonds. The third-order valence-electron chi connectivity index (χ3n) is 3.48. The number of benzene rings is 2. The van der Waals surface area contributed by atoms with Crippen LogP contribution in [0.3, 0.4) is 0 Å². The topological polar surface area (TPSA) is 18.5 Å². The summed E-state index contributed by atoms with van der Waals surface area (Å²) in [4.78, 5) is 0. The van der Waals surface area contributed by atoms with Gasteiger partial charge in [0.15, 0.2) is 5.79 Å². The summed E-state index contributed by atoms with van der Waals surface area (Å²) in [6, 6.07) is 12.6. The van der Waals surface area contributed by atoms with Gasteiger partial charge in [-0.25, -0.2) is 0 Å². The second-order valence-electron chi connectivity index (χ2n) is 4.16. The fourth-order valence-electron chi connectivity index (χ4n) is 2.68. The molecule has 1 aliphatic rings. The van der Waals surface area contributed by atoms with Crippen molar-refractivity contribution in [2.24, 2.45) is 0 Å².